The minimum Gasteiger partial charge on any atom is -0.322 e. The molecule has 2 N–H and O–H groups in total. The Morgan fingerprint density at radius 1 is 1.12 bits per heavy atom. The Hall–Kier alpha value is -0.860. The molecule has 1 aromatic carbocycles. The molecule has 1 atom stereocenters. The van der Waals surface area contributed by atoms with E-state index in [2.05, 4.69) is 43.3 Å². The predicted octanol–water partition coefficient (Wildman–Crippen LogP) is 2.56. The normalized spacial score (nSPS) is 21.2. The van der Waals surface area contributed by atoms with Crippen LogP contribution in [0.3, 0.4) is 0 Å². The van der Waals surface area contributed by atoms with Crippen molar-refractivity contribution in [2.45, 2.75) is 37.3 Å². The van der Waals surface area contributed by atoms with Crippen molar-refractivity contribution in [2.24, 2.45) is 5.73 Å². The number of nitrogens with two attached hydrogens (primary N) is 1. The van der Waals surface area contributed by atoms with Crippen LogP contribution in [0.2, 0.25) is 0 Å². The Balaban J connectivity index is 2.28. The first-order valence-electron chi connectivity index (χ1n) is 6.15. The maximum absolute atomic E-state index is 6.49. The molecule has 2 heteroatoms. The highest BCUT2D eigenvalue weighted by atomic mass is 15.2. The summed E-state index contributed by atoms with van der Waals surface area (Å²) in [6.07, 6.45) is 5.05. The molecule has 0 aromatic heterocycles. The van der Waals surface area contributed by atoms with E-state index in [-0.39, 0.29) is 11.6 Å². The van der Waals surface area contributed by atoms with E-state index in [0.29, 0.717) is 0 Å². The van der Waals surface area contributed by atoms with Gasteiger partial charge in [-0.25, -0.2) is 0 Å². The summed E-state index contributed by atoms with van der Waals surface area (Å²) < 4.78 is 0. The first-order chi connectivity index (χ1) is 7.67. The molecule has 1 aromatic rings. The molecule has 1 saturated carbocycles. The molecular weight excluding hydrogens is 196 g/mol. The fourth-order valence-corrected chi connectivity index (χ4v) is 2.99. The zero-order valence-electron chi connectivity index (χ0n) is 10.3. The van der Waals surface area contributed by atoms with Crippen LogP contribution < -0.4 is 5.73 Å². The zero-order chi connectivity index (χ0) is 11.6. The van der Waals surface area contributed by atoms with Gasteiger partial charge in [0.25, 0.3) is 0 Å². The quantitative estimate of drug-likeness (QED) is 0.845. The molecular formula is C14H22N2. The van der Waals surface area contributed by atoms with Crippen molar-refractivity contribution in [3.63, 3.8) is 0 Å². The SMILES string of the molecule is CN(C)C1([C@H](N)c2ccccc2)CCCC1. The first kappa shape index (κ1) is 11.6. The van der Waals surface area contributed by atoms with Crippen LogP contribution in [0.25, 0.3) is 0 Å². The molecule has 1 fully saturated rings. The van der Waals surface area contributed by atoms with Crippen LogP contribution in [-0.4, -0.2) is 24.5 Å². The summed E-state index contributed by atoms with van der Waals surface area (Å²) in [5, 5.41) is 0. The summed E-state index contributed by atoms with van der Waals surface area (Å²) in [4.78, 5) is 2.33. The van der Waals surface area contributed by atoms with Gasteiger partial charge < -0.3 is 10.6 Å². The minimum absolute atomic E-state index is 0.131. The molecule has 0 aliphatic heterocycles. The Morgan fingerprint density at radius 3 is 2.19 bits per heavy atom. The largest absolute Gasteiger partial charge is 0.322 e. The highest BCUT2D eigenvalue weighted by molar-refractivity contribution is 5.23. The summed E-state index contributed by atoms with van der Waals surface area (Å²) in [5.41, 5.74) is 7.92. The number of rotatable bonds is 3. The van der Waals surface area contributed by atoms with E-state index in [1.54, 1.807) is 0 Å². The van der Waals surface area contributed by atoms with E-state index in [1.807, 2.05) is 6.07 Å². The number of benzene rings is 1. The van der Waals surface area contributed by atoms with Gasteiger partial charge in [-0.05, 0) is 32.5 Å². The minimum atomic E-state index is 0.131. The van der Waals surface area contributed by atoms with E-state index in [1.165, 1.54) is 31.2 Å². The zero-order valence-corrected chi connectivity index (χ0v) is 10.3. The van der Waals surface area contributed by atoms with Crippen molar-refractivity contribution in [3.8, 4) is 0 Å². The lowest BCUT2D eigenvalue weighted by Gasteiger charge is -2.41. The highest BCUT2D eigenvalue weighted by Gasteiger charge is 2.41. The molecule has 2 rings (SSSR count). The third kappa shape index (κ3) is 1.87. The van der Waals surface area contributed by atoms with Crippen molar-refractivity contribution < 1.29 is 0 Å². The Morgan fingerprint density at radius 2 is 1.69 bits per heavy atom. The van der Waals surface area contributed by atoms with Crippen LogP contribution in [0.1, 0.15) is 37.3 Å². The second-order valence-corrected chi connectivity index (χ2v) is 5.09. The number of hydrogen-bond acceptors (Lipinski definition) is 2. The summed E-state index contributed by atoms with van der Waals surface area (Å²) in [5.74, 6) is 0. The Labute approximate surface area is 98.4 Å². The maximum Gasteiger partial charge on any atom is 0.0481 e. The van der Waals surface area contributed by atoms with Crippen LogP contribution in [-0.2, 0) is 0 Å². The van der Waals surface area contributed by atoms with Crippen molar-refractivity contribution in [1.82, 2.24) is 4.90 Å². The molecule has 1 aliphatic rings. The second kappa shape index (κ2) is 4.56. The summed E-state index contributed by atoms with van der Waals surface area (Å²) in [6.45, 7) is 0. The smallest absolute Gasteiger partial charge is 0.0481 e. The van der Waals surface area contributed by atoms with Crippen molar-refractivity contribution >= 4 is 0 Å². The molecule has 88 valence electrons. The van der Waals surface area contributed by atoms with Crippen LogP contribution in [0, 0.1) is 0 Å². The summed E-state index contributed by atoms with van der Waals surface area (Å²) in [7, 11) is 4.32. The topological polar surface area (TPSA) is 29.3 Å². The van der Waals surface area contributed by atoms with Gasteiger partial charge in [-0.2, -0.15) is 0 Å². The van der Waals surface area contributed by atoms with E-state index in [4.69, 9.17) is 5.73 Å². The maximum atomic E-state index is 6.49. The van der Waals surface area contributed by atoms with Gasteiger partial charge in [-0.1, -0.05) is 43.2 Å². The van der Waals surface area contributed by atoms with Gasteiger partial charge in [0.05, 0.1) is 0 Å². The number of nitrogens with zero attached hydrogens (tertiary/aromatic N) is 1. The molecule has 0 spiro atoms. The third-order valence-corrected chi connectivity index (χ3v) is 4.10. The molecule has 1 aliphatic carbocycles. The lowest BCUT2D eigenvalue weighted by atomic mass is 9.83. The second-order valence-electron chi connectivity index (χ2n) is 5.09. The van der Waals surface area contributed by atoms with Gasteiger partial charge in [0, 0.05) is 11.6 Å². The lowest BCUT2D eigenvalue weighted by molar-refractivity contribution is 0.123. The Kier molecular flexibility index (Phi) is 3.31. The van der Waals surface area contributed by atoms with Gasteiger partial charge in [0.1, 0.15) is 0 Å². The van der Waals surface area contributed by atoms with E-state index in [9.17, 15) is 0 Å². The lowest BCUT2D eigenvalue weighted by Crippen LogP contribution is -2.50. The molecule has 0 unspecified atom stereocenters. The van der Waals surface area contributed by atoms with E-state index in [0.717, 1.165) is 0 Å². The molecule has 0 heterocycles. The summed E-state index contributed by atoms with van der Waals surface area (Å²) in [6, 6.07) is 10.6. The van der Waals surface area contributed by atoms with Gasteiger partial charge in [-0.3, -0.25) is 0 Å². The summed E-state index contributed by atoms with van der Waals surface area (Å²) >= 11 is 0. The molecule has 16 heavy (non-hydrogen) atoms. The fourth-order valence-electron chi connectivity index (χ4n) is 2.99. The van der Waals surface area contributed by atoms with E-state index < -0.39 is 0 Å². The Bertz CT molecular complexity index is 326. The van der Waals surface area contributed by atoms with Gasteiger partial charge in [0.15, 0.2) is 0 Å². The average molecular weight is 218 g/mol. The van der Waals surface area contributed by atoms with Gasteiger partial charge in [0.2, 0.25) is 0 Å². The van der Waals surface area contributed by atoms with E-state index >= 15 is 0 Å². The van der Waals surface area contributed by atoms with Gasteiger partial charge in [-0.15, -0.1) is 0 Å². The third-order valence-electron chi connectivity index (χ3n) is 4.10. The average Bonchev–Trinajstić information content (AvgIpc) is 2.79. The highest BCUT2D eigenvalue weighted by Crippen LogP contribution is 2.41. The molecule has 0 bridgehead atoms. The molecule has 0 amide bonds. The van der Waals surface area contributed by atoms with Gasteiger partial charge >= 0.3 is 0 Å². The van der Waals surface area contributed by atoms with Crippen molar-refractivity contribution in [3.05, 3.63) is 35.9 Å². The number of hydrogen-bond donors (Lipinski definition) is 1. The predicted molar refractivity (Wildman–Crippen MR) is 68.3 cm³/mol. The standard InChI is InChI=1S/C14H22N2/c1-16(2)14(10-6-7-11-14)13(15)12-8-4-3-5-9-12/h3-5,8-9,13H,6-7,10-11,15H2,1-2H3/t13-/m1/s1. The van der Waals surface area contributed by atoms with Crippen molar-refractivity contribution in [2.75, 3.05) is 14.1 Å². The molecule has 0 radical (unpaired) electrons. The van der Waals surface area contributed by atoms with Crippen LogP contribution in [0.15, 0.2) is 30.3 Å². The number of likely N-dealkylation sites (N-methyl/N-ethyl adjacent to an activating group) is 1. The van der Waals surface area contributed by atoms with Crippen molar-refractivity contribution in [1.29, 1.82) is 0 Å². The van der Waals surface area contributed by atoms with Crippen LogP contribution >= 0.6 is 0 Å². The molecule has 2 nitrogen and oxygen atoms in total. The van der Waals surface area contributed by atoms with Crippen LogP contribution in [0.4, 0.5) is 0 Å². The first-order valence-corrected chi connectivity index (χ1v) is 6.15. The monoisotopic (exact) mass is 218 g/mol. The van der Waals surface area contributed by atoms with Crippen LogP contribution in [0.5, 0.6) is 0 Å². The molecule has 0 saturated heterocycles. The fraction of sp³-hybridized carbons (Fsp3) is 0.571.